The van der Waals surface area contributed by atoms with Gasteiger partial charge in [-0.25, -0.2) is 4.98 Å². The van der Waals surface area contributed by atoms with E-state index < -0.39 is 10.6 Å². The van der Waals surface area contributed by atoms with Crippen LogP contribution in [0.5, 0.6) is 0 Å². The molecule has 0 amide bonds. The van der Waals surface area contributed by atoms with Crippen LogP contribution in [0, 0.1) is 0 Å². The van der Waals surface area contributed by atoms with E-state index in [4.69, 9.17) is 0 Å². The van der Waals surface area contributed by atoms with Crippen LogP contribution in [0.2, 0.25) is 0 Å². The topological polar surface area (TPSA) is 76.8 Å². The summed E-state index contributed by atoms with van der Waals surface area (Å²) in [6.45, 7) is 1.12. The molecule has 0 aliphatic carbocycles. The van der Waals surface area contributed by atoms with E-state index in [1.807, 2.05) is 23.1 Å². The zero-order chi connectivity index (χ0) is 13.2. The van der Waals surface area contributed by atoms with Crippen LogP contribution in [-0.4, -0.2) is 55.3 Å². The predicted octanol–water partition coefficient (Wildman–Crippen LogP) is 1.94. The summed E-state index contributed by atoms with van der Waals surface area (Å²) in [5.41, 5.74) is 0.797. The molecule has 1 aromatic rings. The van der Waals surface area contributed by atoms with E-state index in [9.17, 15) is 14.2 Å². The number of aliphatic hydroxyl groups excluding tert-OH is 1. The largest absolute Gasteiger partial charge is 0.394 e. The Labute approximate surface area is 116 Å². The number of nitrogens with zero attached hydrogens (tertiary/aromatic N) is 2. The summed E-state index contributed by atoms with van der Waals surface area (Å²) in [6.07, 6.45) is 0. The number of rotatable bonds is 3. The lowest BCUT2D eigenvalue weighted by atomic mass is 10.1. The third-order valence-electron chi connectivity index (χ3n) is 3.10. The third-order valence-corrected chi connectivity index (χ3v) is 5.22. The summed E-state index contributed by atoms with van der Waals surface area (Å²) < 4.78 is 19.9. The van der Waals surface area contributed by atoms with Crippen LogP contribution >= 0.6 is 26.5 Å². The van der Waals surface area contributed by atoms with Gasteiger partial charge in [-0.1, -0.05) is 6.07 Å². The second-order valence-electron chi connectivity index (χ2n) is 4.33. The smallest absolute Gasteiger partial charge is 0.106 e. The van der Waals surface area contributed by atoms with Crippen LogP contribution in [0.15, 0.2) is 22.8 Å². The number of aliphatic hydroxyl groups is 1. The van der Waals surface area contributed by atoms with Crippen molar-refractivity contribution >= 4 is 26.5 Å². The Morgan fingerprint density at radius 3 is 2.56 bits per heavy atom. The van der Waals surface area contributed by atoms with Crippen molar-refractivity contribution in [1.29, 1.82) is 0 Å². The maximum Gasteiger partial charge on any atom is 0.106 e. The highest BCUT2D eigenvalue weighted by molar-refractivity contribution is 9.10. The highest BCUT2D eigenvalue weighted by Crippen LogP contribution is 2.41. The quantitative estimate of drug-likeness (QED) is 0.735. The first-order chi connectivity index (χ1) is 8.52. The van der Waals surface area contributed by atoms with Crippen molar-refractivity contribution in [2.45, 2.75) is 6.04 Å². The molecule has 2 heterocycles. The third kappa shape index (κ3) is 3.43. The van der Waals surface area contributed by atoms with Gasteiger partial charge in [-0.3, -0.25) is 14.0 Å². The molecule has 3 N–H and O–H groups in total. The zero-order valence-corrected chi connectivity index (χ0v) is 12.3. The Hall–Kier alpha value is -0.180. The highest BCUT2D eigenvalue weighted by Gasteiger charge is 2.28. The fraction of sp³-hybridized carbons (Fsp3) is 0.545. The van der Waals surface area contributed by atoms with Gasteiger partial charge >= 0.3 is 0 Å². The van der Waals surface area contributed by atoms with Crippen molar-refractivity contribution < 1.29 is 14.2 Å². The molecule has 1 unspecified atom stereocenters. The molecule has 1 aromatic heterocycles. The molecule has 0 radical (unpaired) electrons. The summed E-state index contributed by atoms with van der Waals surface area (Å²) in [4.78, 5) is 6.40. The van der Waals surface area contributed by atoms with Gasteiger partial charge in [0.2, 0.25) is 0 Å². The number of hydrogen-bond donors (Lipinski definition) is 3. The number of hydrogen-bond acceptors (Lipinski definition) is 5. The molecular formula is C11H17BrN2O3S. The standard InChI is InChI=1S/C11H17BrN2O3S/c12-11-3-1-2-9(13-11)10(8-15)14-4-6-18(16,17)7-5-14/h1-3,10,15-17H,4-8H2. The molecule has 7 heteroatoms. The molecule has 1 fully saturated rings. The Morgan fingerprint density at radius 1 is 1.33 bits per heavy atom. The van der Waals surface area contributed by atoms with Crippen LogP contribution in [-0.2, 0) is 0 Å². The minimum absolute atomic E-state index is 0.0252. The maximum absolute atomic E-state index is 9.59. The van der Waals surface area contributed by atoms with Gasteiger partial charge in [-0.2, -0.15) is 10.6 Å². The second-order valence-corrected chi connectivity index (χ2v) is 7.56. The minimum Gasteiger partial charge on any atom is -0.394 e. The van der Waals surface area contributed by atoms with Gasteiger partial charge in [0.15, 0.2) is 0 Å². The average molecular weight is 337 g/mol. The van der Waals surface area contributed by atoms with Crippen molar-refractivity contribution in [2.75, 3.05) is 31.2 Å². The minimum atomic E-state index is -2.40. The summed E-state index contributed by atoms with van der Waals surface area (Å²) in [5, 5.41) is 9.54. The van der Waals surface area contributed by atoms with E-state index in [-0.39, 0.29) is 12.6 Å². The molecular weight excluding hydrogens is 320 g/mol. The Morgan fingerprint density at radius 2 is 2.00 bits per heavy atom. The van der Waals surface area contributed by atoms with Crippen molar-refractivity contribution in [3.8, 4) is 0 Å². The van der Waals surface area contributed by atoms with Crippen LogP contribution in [0.3, 0.4) is 0 Å². The van der Waals surface area contributed by atoms with Gasteiger partial charge in [0.05, 0.1) is 29.8 Å². The van der Waals surface area contributed by atoms with Crippen LogP contribution in [0.4, 0.5) is 0 Å². The number of pyridine rings is 1. The molecule has 0 bridgehead atoms. The van der Waals surface area contributed by atoms with Crippen molar-refractivity contribution in [3.05, 3.63) is 28.5 Å². The van der Waals surface area contributed by atoms with Crippen molar-refractivity contribution in [2.24, 2.45) is 0 Å². The molecule has 1 saturated heterocycles. The van der Waals surface area contributed by atoms with Crippen molar-refractivity contribution in [3.63, 3.8) is 0 Å². The van der Waals surface area contributed by atoms with E-state index in [0.717, 1.165) is 10.3 Å². The molecule has 1 aliphatic rings. The van der Waals surface area contributed by atoms with Gasteiger partial charge in [0.25, 0.3) is 0 Å². The number of aromatic nitrogens is 1. The summed E-state index contributed by atoms with van der Waals surface area (Å²) >= 11 is 3.31. The molecule has 0 spiro atoms. The lowest BCUT2D eigenvalue weighted by Gasteiger charge is -2.43. The second kappa shape index (κ2) is 5.85. The first-order valence-electron chi connectivity index (χ1n) is 5.73. The van der Waals surface area contributed by atoms with Crippen LogP contribution in [0.25, 0.3) is 0 Å². The normalized spacial score (nSPS) is 23.6. The Balaban J connectivity index is 2.10. The van der Waals surface area contributed by atoms with E-state index in [2.05, 4.69) is 20.9 Å². The monoisotopic (exact) mass is 336 g/mol. The molecule has 1 atom stereocenters. The van der Waals surface area contributed by atoms with Crippen molar-refractivity contribution in [1.82, 2.24) is 9.88 Å². The molecule has 18 heavy (non-hydrogen) atoms. The van der Waals surface area contributed by atoms with Gasteiger partial charge in [-0.15, -0.1) is 0 Å². The molecule has 2 rings (SSSR count). The van der Waals surface area contributed by atoms with Crippen LogP contribution < -0.4 is 0 Å². The average Bonchev–Trinajstić information content (AvgIpc) is 2.32. The number of halogens is 1. The SMILES string of the molecule is OCC(c1cccc(Br)n1)N1CCS(O)(O)CC1. The molecule has 5 nitrogen and oxygen atoms in total. The maximum atomic E-state index is 9.59. The predicted molar refractivity (Wildman–Crippen MR) is 75.9 cm³/mol. The lowest BCUT2D eigenvalue weighted by molar-refractivity contribution is 0.126. The Kier molecular flexibility index (Phi) is 4.63. The van der Waals surface area contributed by atoms with E-state index in [0.29, 0.717) is 24.6 Å². The first-order valence-corrected chi connectivity index (χ1v) is 8.40. The van der Waals surface area contributed by atoms with Gasteiger partial charge in [0.1, 0.15) is 4.60 Å². The fourth-order valence-electron chi connectivity index (χ4n) is 2.06. The van der Waals surface area contributed by atoms with Gasteiger partial charge in [-0.05, 0) is 28.1 Å². The van der Waals surface area contributed by atoms with E-state index >= 15 is 0 Å². The first kappa shape index (κ1) is 14.2. The van der Waals surface area contributed by atoms with Crippen LogP contribution in [0.1, 0.15) is 11.7 Å². The summed E-state index contributed by atoms with van der Waals surface area (Å²) in [5.74, 6) is 0.745. The molecule has 0 aromatic carbocycles. The zero-order valence-electron chi connectivity index (χ0n) is 9.87. The Bertz CT molecular complexity index is 409. The lowest BCUT2D eigenvalue weighted by Crippen LogP contribution is -2.42. The van der Waals surface area contributed by atoms with Gasteiger partial charge < -0.3 is 5.11 Å². The molecule has 0 saturated carbocycles. The fourth-order valence-corrected chi connectivity index (χ4v) is 3.67. The summed E-state index contributed by atoms with van der Waals surface area (Å²) in [6, 6.07) is 5.41. The highest BCUT2D eigenvalue weighted by atomic mass is 79.9. The van der Waals surface area contributed by atoms with Gasteiger partial charge in [0, 0.05) is 13.1 Å². The summed E-state index contributed by atoms with van der Waals surface area (Å²) in [7, 11) is -2.40. The van der Waals surface area contributed by atoms with E-state index in [1.165, 1.54) is 0 Å². The molecule has 1 aliphatic heterocycles. The van der Waals surface area contributed by atoms with E-state index in [1.54, 1.807) is 0 Å². The molecule has 102 valence electrons.